The lowest BCUT2D eigenvalue weighted by molar-refractivity contribution is 0.0541. The summed E-state index contributed by atoms with van der Waals surface area (Å²) in [5, 5.41) is 7.04. The molecule has 0 amide bonds. The number of piperidine rings is 3. The van der Waals surface area contributed by atoms with E-state index < -0.39 is 0 Å². The molecule has 0 aromatic heterocycles. The summed E-state index contributed by atoms with van der Waals surface area (Å²) in [5.74, 6) is 3.01. The number of hydrogen-bond acceptors (Lipinski definition) is 3. The highest BCUT2D eigenvalue weighted by Gasteiger charge is 2.45. The largest absolute Gasteiger partial charge is 0.357 e. The van der Waals surface area contributed by atoms with Crippen LogP contribution in [-0.4, -0.2) is 30.2 Å². The topological polar surface area (TPSA) is 24.8 Å². The van der Waals surface area contributed by atoms with E-state index in [1.807, 2.05) is 6.07 Å². The van der Waals surface area contributed by atoms with E-state index in [1.165, 1.54) is 49.0 Å². The van der Waals surface area contributed by atoms with Crippen LogP contribution < -0.4 is 4.84 Å². The van der Waals surface area contributed by atoms with Gasteiger partial charge in [0.2, 0.25) is 0 Å². The molecule has 0 radical (unpaired) electrons. The third-order valence-corrected chi connectivity index (χ3v) is 5.52. The number of nitrogens with zero attached hydrogens (tertiary/aromatic N) is 2. The van der Waals surface area contributed by atoms with Crippen LogP contribution in [0, 0.1) is 17.8 Å². The number of rotatable bonds is 2. The van der Waals surface area contributed by atoms with Crippen LogP contribution in [0.15, 0.2) is 47.6 Å². The van der Waals surface area contributed by atoms with Crippen molar-refractivity contribution in [2.75, 3.05) is 19.6 Å². The first kappa shape index (κ1) is 12.7. The van der Waals surface area contributed by atoms with Gasteiger partial charge in [-0.1, -0.05) is 35.5 Å². The molecule has 3 saturated heterocycles. The van der Waals surface area contributed by atoms with Gasteiger partial charge in [-0.25, -0.2) is 0 Å². The maximum absolute atomic E-state index is 5.81. The van der Waals surface area contributed by atoms with E-state index >= 15 is 0 Å². The molecule has 22 heavy (non-hydrogen) atoms. The minimum absolute atomic E-state index is 0.631. The van der Waals surface area contributed by atoms with Gasteiger partial charge in [-0.3, -0.25) is 0 Å². The maximum atomic E-state index is 5.81. The number of hydrogen-bond donors (Lipinski definition) is 0. The second-order valence-electron chi connectivity index (χ2n) is 7.07. The highest BCUT2D eigenvalue weighted by molar-refractivity contribution is 5.91. The summed E-state index contributed by atoms with van der Waals surface area (Å²) < 4.78 is 0. The minimum atomic E-state index is 0.631. The van der Waals surface area contributed by atoms with Crippen LogP contribution in [0.4, 0.5) is 0 Å². The molecule has 0 N–H and O–H groups in total. The summed E-state index contributed by atoms with van der Waals surface area (Å²) in [6, 6.07) is 14.6. The zero-order valence-electron chi connectivity index (χ0n) is 12.6. The summed E-state index contributed by atoms with van der Waals surface area (Å²) in [6.07, 6.45) is 2.62. The second-order valence-corrected chi connectivity index (χ2v) is 7.07. The zero-order chi connectivity index (χ0) is 14.5. The smallest absolute Gasteiger partial charge is 0.158 e. The van der Waals surface area contributed by atoms with Crippen molar-refractivity contribution < 1.29 is 4.84 Å². The molecule has 2 unspecified atom stereocenters. The van der Waals surface area contributed by atoms with E-state index in [9.17, 15) is 0 Å². The van der Waals surface area contributed by atoms with Gasteiger partial charge in [-0.05, 0) is 41.7 Å². The van der Waals surface area contributed by atoms with E-state index in [1.54, 1.807) is 0 Å². The van der Waals surface area contributed by atoms with Gasteiger partial charge in [0.05, 0.1) is 5.71 Å². The highest BCUT2D eigenvalue weighted by Crippen LogP contribution is 2.41. The van der Waals surface area contributed by atoms with Crippen LogP contribution in [-0.2, 0) is 0 Å². The number of benzene rings is 2. The van der Waals surface area contributed by atoms with Gasteiger partial charge in [-0.15, -0.1) is 0 Å². The highest BCUT2D eigenvalue weighted by atomic mass is 16.6. The van der Waals surface area contributed by atoms with Crippen molar-refractivity contribution in [3.63, 3.8) is 0 Å². The molecular weight excluding hydrogens is 272 g/mol. The maximum Gasteiger partial charge on any atom is 0.158 e. The Morgan fingerprint density at radius 3 is 2.45 bits per heavy atom. The molecule has 0 spiro atoms. The minimum Gasteiger partial charge on any atom is -0.357 e. The van der Waals surface area contributed by atoms with Crippen LogP contribution in [0.25, 0.3) is 10.8 Å². The quantitative estimate of drug-likeness (QED) is 0.791. The van der Waals surface area contributed by atoms with Gasteiger partial charge >= 0.3 is 0 Å². The number of oxime groups is 1. The first-order valence-corrected chi connectivity index (χ1v) is 8.31. The Hall–Kier alpha value is -1.87. The Balaban J connectivity index is 1.41. The molecule has 1 aliphatic carbocycles. The first-order valence-electron chi connectivity index (χ1n) is 8.31. The average molecular weight is 292 g/mol. The lowest BCUT2D eigenvalue weighted by Crippen LogP contribution is -2.58. The predicted molar refractivity (Wildman–Crippen MR) is 88.2 cm³/mol. The van der Waals surface area contributed by atoms with Crippen LogP contribution in [0.2, 0.25) is 0 Å². The zero-order valence-corrected chi connectivity index (χ0v) is 12.6. The molecule has 3 heteroatoms. The van der Waals surface area contributed by atoms with E-state index in [0.29, 0.717) is 11.8 Å². The molecule has 4 fully saturated rings. The van der Waals surface area contributed by atoms with Gasteiger partial charge < -0.3 is 9.74 Å². The van der Waals surface area contributed by atoms with E-state index in [4.69, 9.17) is 4.84 Å². The monoisotopic (exact) mass is 292 g/mol. The van der Waals surface area contributed by atoms with Crippen LogP contribution in [0.1, 0.15) is 12.8 Å². The molecule has 2 atom stereocenters. The van der Waals surface area contributed by atoms with Gasteiger partial charge in [0, 0.05) is 31.5 Å². The summed E-state index contributed by atoms with van der Waals surface area (Å²) in [4.78, 5) is 8.42. The van der Waals surface area contributed by atoms with Crippen molar-refractivity contribution in [2.24, 2.45) is 22.9 Å². The predicted octanol–water partition coefficient (Wildman–Crippen LogP) is 3.55. The average Bonchev–Trinajstić information content (AvgIpc) is 2.53. The third-order valence-electron chi connectivity index (χ3n) is 5.52. The van der Waals surface area contributed by atoms with Gasteiger partial charge in [0.25, 0.3) is 0 Å². The van der Waals surface area contributed by atoms with Crippen molar-refractivity contribution in [1.29, 1.82) is 0 Å². The Morgan fingerprint density at radius 2 is 1.68 bits per heavy atom. The van der Waals surface area contributed by atoms with Crippen molar-refractivity contribution >= 4 is 16.5 Å². The summed E-state index contributed by atoms with van der Waals surface area (Å²) in [5.41, 5.74) is 1.32. The third kappa shape index (κ3) is 2.03. The fourth-order valence-corrected chi connectivity index (χ4v) is 4.65. The Kier molecular flexibility index (Phi) is 2.77. The molecule has 3 nitrogen and oxygen atoms in total. The Labute approximate surface area is 130 Å². The molecule has 3 aliphatic heterocycles. The molecule has 4 aliphatic rings. The van der Waals surface area contributed by atoms with Crippen molar-refractivity contribution in [1.82, 2.24) is 4.90 Å². The van der Waals surface area contributed by atoms with Crippen molar-refractivity contribution in [3.05, 3.63) is 42.5 Å². The summed E-state index contributed by atoms with van der Waals surface area (Å²) >= 11 is 0. The second kappa shape index (κ2) is 4.82. The molecule has 112 valence electrons. The molecule has 6 rings (SSSR count). The van der Waals surface area contributed by atoms with Crippen LogP contribution in [0.5, 0.6) is 5.75 Å². The Morgan fingerprint density at radius 1 is 0.909 bits per heavy atom. The number of fused-ring (bicyclic) bond motifs is 1. The lowest BCUT2D eigenvalue weighted by atomic mass is 9.67. The summed E-state index contributed by atoms with van der Waals surface area (Å²) in [7, 11) is 0. The fourth-order valence-electron chi connectivity index (χ4n) is 4.65. The van der Waals surface area contributed by atoms with Gasteiger partial charge in [-0.2, -0.15) is 0 Å². The molecule has 2 aromatic carbocycles. The standard InChI is InChI=1S/C19H20N2O/c1-2-4-15-9-18(6-5-14(15)3-1)22-20-19-16-7-13-8-17(19)12-21(10-13)11-16/h1-6,9,13,16-17H,7-8,10-12H2. The lowest BCUT2D eigenvalue weighted by Gasteiger charge is -2.51. The van der Waals surface area contributed by atoms with Gasteiger partial charge in [0.15, 0.2) is 5.75 Å². The van der Waals surface area contributed by atoms with Gasteiger partial charge in [0.1, 0.15) is 0 Å². The van der Waals surface area contributed by atoms with Crippen LogP contribution >= 0.6 is 0 Å². The van der Waals surface area contributed by atoms with Crippen molar-refractivity contribution in [2.45, 2.75) is 12.8 Å². The SMILES string of the molecule is c1ccc2cc(ON=C3C4CC5CC3CN(C5)C4)ccc2c1. The fraction of sp³-hybridized carbons (Fsp3) is 0.421. The normalized spacial score (nSPS) is 32.5. The molecule has 2 aromatic rings. The molecule has 1 saturated carbocycles. The van der Waals surface area contributed by atoms with E-state index in [0.717, 1.165) is 11.7 Å². The van der Waals surface area contributed by atoms with E-state index in [2.05, 4.69) is 46.5 Å². The van der Waals surface area contributed by atoms with Crippen LogP contribution in [0.3, 0.4) is 0 Å². The summed E-state index contributed by atoms with van der Waals surface area (Å²) in [6.45, 7) is 3.69. The van der Waals surface area contributed by atoms with E-state index in [-0.39, 0.29) is 0 Å². The Bertz CT molecular complexity index is 722. The van der Waals surface area contributed by atoms with Crippen molar-refractivity contribution in [3.8, 4) is 5.75 Å². The molecule has 4 bridgehead atoms. The first-order chi connectivity index (χ1) is 10.8. The molecule has 3 heterocycles. The molecular formula is C19H20N2O.